The van der Waals surface area contributed by atoms with E-state index in [1.807, 2.05) is 0 Å². The lowest BCUT2D eigenvalue weighted by Crippen LogP contribution is -2.33. The quantitative estimate of drug-likeness (QED) is 0.196. The normalized spacial score (nSPS) is 20.7. The van der Waals surface area contributed by atoms with Gasteiger partial charge in [0.1, 0.15) is 12.3 Å². The zero-order valence-corrected chi connectivity index (χ0v) is 17.4. The third kappa shape index (κ3) is 10.0. The van der Waals surface area contributed by atoms with Gasteiger partial charge in [0.25, 0.3) is 5.56 Å². The molecule has 1 aromatic rings. The van der Waals surface area contributed by atoms with E-state index in [-0.39, 0.29) is 19.3 Å². The number of hydrogen-bond donors (Lipinski definition) is 6. The van der Waals surface area contributed by atoms with E-state index in [9.17, 15) is 28.8 Å². The number of carboxylic acid groups (broad SMARTS) is 2. The van der Waals surface area contributed by atoms with Crippen molar-refractivity contribution >= 4 is 19.8 Å². The van der Waals surface area contributed by atoms with E-state index in [2.05, 4.69) is 9.51 Å². The first-order valence-corrected chi connectivity index (χ1v) is 10.6. The number of phosphoric ester groups is 1. The van der Waals surface area contributed by atoms with Crippen molar-refractivity contribution in [3.63, 3.8) is 0 Å². The van der Waals surface area contributed by atoms with Crippen molar-refractivity contribution in [1.29, 1.82) is 0 Å². The number of aryl methyl sites for hydroxylation is 1. The number of unbranched alkanes of at least 4 members (excludes halogenated alkanes) is 1. The van der Waals surface area contributed by atoms with Crippen molar-refractivity contribution in [2.75, 3.05) is 6.61 Å². The van der Waals surface area contributed by atoms with E-state index in [4.69, 9.17) is 24.7 Å². The number of phosphoric acid groups is 1. The SMILES string of the molecule is Cc1cn([C@H]2C[C@H](O)[C@@H](COP(=O)(O)O)O2)c(=O)[nH]c1=O.O=C(O)CCCCC(=O)O. The summed E-state index contributed by atoms with van der Waals surface area (Å²) in [4.78, 5) is 62.1. The summed E-state index contributed by atoms with van der Waals surface area (Å²) in [5.74, 6) is -1.74. The molecule has 0 radical (unpaired) electrons. The summed E-state index contributed by atoms with van der Waals surface area (Å²) in [6.45, 7) is 0.994. The van der Waals surface area contributed by atoms with E-state index in [1.165, 1.54) is 13.1 Å². The first-order valence-electron chi connectivity index (χ1n) is 9.09. The van der Waals surface area contributed by atoms with Gasteiger partial charge < -0.3 is 29.8 Å². The fourth-order valence-corrected chi connectivity index (χ4v) is 2.90. The zero-order chi connectivity index (χ0) is 23.8. The molecule has 0 unspecified atom stereocenters. The molecule has 6 N–H and O–H groups in total. The minimum atomic E-state index is -4.67. The van der Waals surface area contributed by atoms with Gasteiger partial charge in [-0.2, -0.15) is 0 Å². The van der Waals surface area contributed by atoms with Crippen LogP contribution in [0.15, 0.2) is 15.8 Å². The molecule has 3 atom stereocenters. The Morgan fingerprint density at radius 2 is 1.77 bits per heavy atom. The van der Waals surface area contributed by atoms with Crippen LogP contribution in [0.4, 0.5) is 0 Å². The number of aliphatic hydroxyl groups excluding tert-OH is 1. The molecule has 1 aliphatic rings. The third-order valence-corrected chi connectivity index (χ3v) is 4.58. The maximum Gasteiger partial charge on any atom is 0.469 e. The van der Waals surface area contributed by atoms with Crippen LogP contribution in [0.3, 0.4) is 0 Å². The number of H-pyrrole nitrogens is 1. The molecule has 1 fully saturated rings. The number of aliphatic carboxylic acids is 2. The van der Waals surface area contributed by atoms with Crippen molar-refractivity contribution in [1.82, 2.24) is 9.55 Å². The molecule has 1 aromatic heterocycles. The summed E-state index contributed by atoms with van der Waals surface area (Å²) in [6, 6.07) is 0. The maximum atomic E-state index is 11.7. The van der Waals surface area contributed by atoms with Crippen LogP contribution in [0.5, 0.6) is 0 Å². The average molecular weight is 468 g/mol. The topological polar surface area (TPSA) is 226 Å². The Morgan fingerprint density at radius 3 is 2.26 bits per heavy atom. The van der Waals surface area contributed by atoms with E-state index in [0.29, 0.717) is 18.4 Å². The van der Waals surface area contributed by atoms with Crippen LogP contribution in [0.2, 0.25) is 0 Å². The second-order valence-electron chi connectivity index (χ2n) is 6.69. The number of aromatic nitrogens is 2. The van der Waals surface area contributed by atoms with Crippen LogP contribution in [0.1, 0.15) is 43.9 Å². The van der Waals surface area contributed by atoms with Gasteiger partial charge in [-0.15, -0.1) is 0 Å². The highest BCUT2D eigenvalue weighted by atomic mass is 31.2. The van der Waals surface area contributed by atoms with Crippen LogP contribution in [-0.2, 0) is 23.4 Å². The average Bonchev–Trinajstić information content (AvgIpc) is 3.00. The summed E-state index contributed by atoms with van der Waals surface area (Å²) in [5.41, 5.74) is -0.918. The predicted octanol–water partition coefficient (Wildman–Crippen LogP) is -0.681. The molecular formula is C16H25N2O12P. The van der Waals surface area contributed by atoms with Crippen molar-refractivity contribution < 1.29 is 48.5 Å². The Morgan fingerprint density at radius 1 is 1.23 bits per heavy atom. The van der Waals surface area contributed by atoms with Crippen molar-refractivity contribution in [2.24, 2.45) is 0 Å². The van der Waals surface area contributed by atoms with Crippen LogP contribution >= 0.6 is 7.82 Å². The minimum absolute atomic E-state index is 0.0283. The van der Waals surface area contributed by atoms with Crippen molar-refractivity contribution in [2.45, 2.75) is 57.5 Å². The Balaban J connectivity index is 0.000000407. The smallest absolute Gasteiger partial charge is 0.469 e. The standard InChI is InChI=1S/C10H15N2O8P.C6H10O4/c1-5-3-12(10(15)11-9(5)14)8-2-6(13)7(20-8)4-19-21(16,17)18;7-5(8)3-1-2-4-6(9)10/h3,6-8,13H,2,4H2,1H3,(H,11,14,15)(H2,16,17,18);1-4H2,(H,7,8)(H,9,10)/t6-,7+,8+;/m0./s1. The second kappa shape index (κ2) is 11.9. The first kappa shape index (κ1) is 26.7. The Kier molecular flexibility index (Phi) is 10.2. The van der Waals surface area contributed by atoms with Crippen LogP contribution < -0.4 is 11.2 Å². The van der Waals surface area contributed by atoms with Crippen LogP contribution in [-0.4, -0.2) is 65.4 Å². The van der Waals surface area contributed by atoms with Gasteiger partial charge in [-0.1, -0.05) is 0 Å². The van der Waals surface area contributed by atoms with E-state index >= 15 is 0 Å². The monoisotopic (exact) mass is 468 g/mol. The molecule has 0 saturated carbocycles. The molecule has 31 heavy (non-hydrogen) atoms. The van der Waals surface area contributed by atoms with E-state index < -0.39 is 56.1 Å². The largest absolute Gasteiger partial charge is 0.481 e. The zero-order valence-electron chi connectivity index (χ0n) is 16.5. The van der Waals surface area contributed by atoms with E-state index in [0.717, 1.165) is 4.57 Å². The highest BCUT2D eigenvalue weighted by molar-refractivity contribution is 7.46. The lowest BCUT2D eigenvalue weighted by Gasteiger charge is -2.16. The third-order valence-electron chi connectivity index (χ3n) is 4.10. The number of nitrogens with one attached hydrogen (secondary N) is 1. The molecule has 1 aliphatic heterocycles. The first-order chi connectivity index (χ1) is 14.3. The predicted molar refractivity (Wildman–Crippen MR) is 102 cm³/mol. The summed E-state index contributed by atoms with van der Waals surface area (Å²) in [7, 11) is -4.67. The van der Waals surface area contributed by atoms with Gasteiger partial charge in [-0.25, -0.2) is 9.36 Å². The maximum absolute atomic E-state index is 11.7. The van der Waals surface area contributed by atoms with Crippen LogP contribution in [0.25, 0.3) is 0 Å². The molecule has 14 nitrogen and oxygen atoms in total. The Labute approximate surface area is 175 Å². The second-order valence-corrected chi connectivity index (χ2v) is 7.93. The fourth-order valence-electron chi connectivity index (χ4n) is 2.56. The fraction of sp³-hybridized carbons (Fsp3) is 0.625. The van der Waals surface area contributed by atoms with Crippen molar-refractivity contribution in [3.05, 3.63) is 32.6 Å². The van der Waals surface area contributed by atoms with Gasteiger partial charge >= 0.3 is 25.5 Å². The minimum Gasteiger partial charge on any atom is -0.481 e. The number of hydrogen-bond acceptors (Lipinski definition) is 8. The number of aromatic amines is 1. The van der Waals surface area contributed by atoms with Gasteiger partial charge in [0.15, 0.2) is 0 Å². The number of nitrogens with zero attached hydrogens (tertiary/aromatic N) is 1. The summed E-state index contributed by atoms with van der Waals surface area (Å²) < 4.78 is 21.4. The molecule has 1 saturated heterocycles. The molecule has 2 heterocycles. The van der Waals surface area contributed by atoms with Gasteiger partial charge in [-0.05, 0) is 19.8 Å². The highest BCUT2D eigenvalue weighted by Gasteiger charge is 2.37. The van der Waals surface area contributed by atoms with E-state index in [1.54, 1.807) is 0 Å². The number of carboxylic acids is 2. The molecule has 176 valence electrons. The molecule has 15 heteroatoms. The molecule has 0 amide bonds. The molecule has 2 rings (SSSR count). The molecule has 0 spiro atoms. The molecule has 0 aromatic carbocycles. The van der Waals surface area contributed by atoms with Gasteiger partial charge in [0.2, 0.25) is 0 Å². The Bertz CT molecular complexity index is 904. The number of ether oxygens (including phenoxy) is 1. The van der Waals surface area contributed by atoms with Crippen molar-refractivity contribution in [3.8, 4) is 0 Å². The number of carbonyl (C=O) groups is 2. The van der Waals surface area contributed by atoms with Crippen LogP contribution in [0, 0.1) is 6.92 Å². The summed E-state index contributed by atoms with van der Waals surface area (Å²) in [5, 5.41) is 26.0. The van der Waals surface area contributed by atoms with Gasteiger partial charge in [0, 0.05) is 31.0 Å². The molecule has 0 bridgehead atoms. The number of aliphatic hydroxyl groups is 1. The highest BCUT2D eigenvalue weighted by Crippen LogP contribution is 2.38. The Hall–Kier alpha value is -2.35. The van der Waals surface area contributed by atoms with Gasteiger partial charge in [-0.3, -0.25) is 28.5 Å². The lowest BCUT2D eigenvalue weighted by atomic mass is 10.2. The lowest BCUT2D eigenvalue weighted by molar-refractivity contribution is -0.139. The summed E-state index contributed by atoms with van der Waals surface area (Å²) in [6.07, 6.45) is -0.550. The molecular weight excluding hydrogens is 443 g/mol. The summed E-state index contributed by atoms with van der Waals surface area (Å²) >= 11 is 0. The number of rotatable bonds is 9. The van der Waals surface area contributed by atoms with Gasteiger partial charge in [0.05, 0.1) is 12.7 Å². The molecule has 0 aliphatic carbocycles.